The highest BCUT2D eigenvalue weighted by atomic mass is 16.7. The number of benzene rings is 2. The molecule has 3 rings (SSSR count). The van der Waals surface area contributed by atoms with Crippen molar-refractivity contribution < 1.29 is 24.8 Å². The monoisotopic (exact) mass is 326 g/mol. The molecule has 2 aromatic carbocycles. The van der Waals surface area contributed by atoms with Gasteiger partial charge in [0.1, 0.15) is 24.1 Å². The van der Waals surface area contributed by atoms with Crippen molar-refractivity contribution in [2.24, 2.45) is 0 Å². The van der Waals surface area contributed by atoms with Crippen LogP contribution in [0.25, 0.3) is 0 Å². The van der Waals surface area contributed by atoms with Crippen LogP contribution in [0.5, 0.6) is 5.75 Å². The Morgan fingerprint density at radius 3 is 2.38 bits per heavy atom. The fourth-order valence-corrected chi connectivity index (χ4v) is 2.33. The van der Waals surface area contributed by atoms with Gasteiger partial charge in [-0.25, -0.2) is 0 Å². The number of aliphatic hydroxyl groups is 3. The molecule has 1 fully saturated rings. The first kappa shape index (κ1) is 16.5. The first-order valence-corrected chi connectivity index (χ1v) is 7.63. The lowest BCUT2D eigenvalue weighted by atomic mass is 10.1. The van der Waals surface area contributed by atoms with Crippen LogP contribution in [-0.4, -0.2) is 46.5 Å². The maximum Gasteiger partial charge on any atom is 0.228 e. The normalized spacial score (nSPS) is 26.3. The summed E-state index contributed by atoms with van der Waals surface area (Å²) in [7, 11) is 0. The van der Waals surface area contributed by atoms with Gasteiger partial charge in [0, 0.05) is 11.1 Å². The molecule has 5 heteroatoms. The van der Waals surface area contributed by atoms with Gasteiger partial charge in [0.2, 0.25) is 6.29 Å². The van der Waals surface area contributed by atoms with Gasteiger partial charge in [-0.15, -0.1) is 0 Å². The number of aliphatic hydroxyl groups excluding tert-OH is 3. The Morgan fingerprint density at radius 2 is 1.58 bits per heavy atom. The molecular weight excluding hydrogens is 308 g/mol. The van der Waals surface area contributed by atoms with Crippen LogP contribution >= 0.6 is 0 Å². The molecule has 124 valence electrons. The maximum absolute atomic E-state index is 9.90. The van der Waals surface area contributed by atoms with Crippen molar-refractivity contribution in [2.75, 3.05) is 6.61 Å². The summed E-state index contributed by atoms with van der Waals surface area (Å²) in [5.41, 5.74) is 1.66. The Labute approximate surface area is 140 Å². The summed E-state index contributed by atoms with van der Waals surface area (Å²) in [6.45, 7) is -0.101. The maximum atomic E-state index is 9.90. The third-order valence-corrected chi connectivity index (χ3v) is 3.67. The lowest BCUT2D eigenvalue weighted by Crippen LogP contribution is -2.54. The fraction of sp³-hybridized carbons (Fsp3) is 0.263. The summed E-state index contributed by atoms with van der Waals surface area (Å²) >= 11 is 0. The minimum Gasteiger partial charge on any atom is -0.462 e. The van der Waals surface area contributed by atoms with E-state index in [1.165, 1.54) is 0 Å². The average molecular weight is 326 g/mol. The van der Waals surface area contributed by atoms with Gasteiger partial charge < -0.3 is 24.8 Å². The number of rotatable bonds is 2. The minimum absolute atomic E-state index is 0.101. The van der Waals surface area contributed by atoms with E-state index in [1.807, 2.05) is 36.4 Å². The number of hydrogen-bond donors (Lipinski definition) is 3. The van der Waals surface area contributed by atoms with Gasteiger partial charge in [0.15, 0.2) is 0 Å². The molecule has 0 amide bonds. The van der Waals surface area contributed by atoms with Crippen LogP contribution in [0.15, 0.2) is 54.6 Å². The molecule has 24 heavy (non-hydrogen) atoms. The second-order valence-corrected chi connectivity index (χ2v) is 5.51. The highest BCUT2D eigenvalue weighted by molar-refractivity contribution is 5.45. The summed E-state index contributed by atoms with van der Waals surface area (Å²) in [4.78, 5) is 0. The molecular formula is C19H18O5. The van der Waals surface area contributed by atoms with E-state index in [0.29, 0.717) is 5.75 Å². The van der Waals surface area contributed by atoms with Crippen LogP contribution in [0.1, 0.15) is 11.1 Å². The molecule has 0 bridgehead atoms. The molecule has 2 aromatic rings. The van der Waals surface area contributed by atoms with E-state index in [0.717, 1.165) is 11.1 Å². The van der Waals surface area contributed by atoms with E-state index in [-0.39, 0.29) is 6.61 Å². The predicted octanol–water partition coefficient (Wildman–Crippen LogP) is 0.904. The van der Waals surface area contributed by atoms with Gasteiger partial charge in [0.25, 0.3) is 0 Å². The van der Waals surface area contributed by atoms with Crippen LogP contribution < -0.4 is 4.74 Å². The van der Waals surface area contributed by atoms with Crippen LogP contribution in [0, 0.1) is 11.8 Å². The molecule has 0 unspecified atom stereocenters. The summed E-state index contributed by atoms with van der Waals surface area (Å²) in [6, 6.07) is 16.7. The van der Waals surface area contributed by atoms with Crippen LogP contribution in [0.3, 0.4) is 0 Å². The van der Waals surface area contributed by atoms with Crippen LogP contribution in [0.4, 0.5) is 0 Å². The first-order valence-electron chi connectivity index (χ1n) is 7.63. The Morgan fingerprint density at radius 1 is 0.875 bits per heavy atom. The number of hydrogen-bond acceptors (Lipinski definition) is 5. The van der Waals surface area contributed by atoms with E-state index in [1.54, 1.807) is 18.2 Å². The van der Waals surface area contributed by atoms with E-state index in [9.17, 15) is 15.3 Å². The third-order valence-electron chi connectivity index (χ3n) is 3.67. The largest absolute Gasteiger partial charge is 0.462 e. The summed E-state index contributed by atoms with van der Waals surface area (Å²) in [5, 5.41) is 29.0. The minimum atomic E-state index is -1.33. The highest BCUT2D eigenvalue weighted by Gasteiger charge is 2.38. The van der Waals surface area contributed by atoms with E-state index >= 15 is 0 Å². The molecule has 1 saturated heterocycles. The van der Waals surface area contributed by atoms with Gasteiger partial charge in [0.05, 0.1) is 6.61 Å². The molecule has 1 aliphatic heterocycles. The molecule has 0 aromatic heterocycles. The van der Waals surface area contributed by atoms with Crippen LogP contribution in [-0.2, 0) is 4.74 Å². The molecule has 0 saturated carbocycles. The summed E-state index contributed by atoms with van der Waals surface area (Å²) < 4.78 is 10.8. The standard InChI is InChI=1S/C19H18O5/c20-16-12-23-19(18(22)17(16)21)24-15-8-4-7-14(11-15)10-9-13-5-2-1-3-6-13/h1-8,11,16-22H,12H2/t16-,17-,18+,19+/m0/s1. The highest BCUT2D eigenvalue weighted by Crippen LogP contribution is 2.21. The smallest absolute Gasteiger partial charge is 0.228 e. The Bertz CT molecular complexity index is 734. The van der Waals surface area contributed by atoms with Crippen molar-refractivity contribution in [3.8, 4) is 17.6 Å². The van der Waals surface area contributed by atoms with Crippen molar-refractivity contribution in [3.63, 3.8) is 0 Å². The van der Waals surface area contributed by atoms with Crippen molar-refractivity contribution in [2.45, 2.75) is 24.6 Å². The number of ether oxygens (including phenoxy) is 2. The van der Waals surface area contributed by atoms with E-state index < -0.39 is 24.6 Å². The van der Waals surface area contributed by atoms with Crippen molar-refractivity contribution in [1.82, 2.24) is 0 Å². The molecule has 4 atom stereocenters. The van der Waals surface area contributed by atoms with Gasteiger partial charge >= 0.3 is 0 Å². The van der Waals surface area contributed by atoms with Gasteiger partial charge in [-0.3, -0.25) is 0 Å². The van der Waals surface area contributed by atoms with E-state index in [2.05, 4.69) is 11.8 Å². The van der Waals surface area contributed by atoms with Crippen molar-refractivity contribution in [1.29, 1.82) is 0 Å². The molecule has 0 radical (unpaired) electrons. The molecule has 0 aliphatic carbocycles. The second-order valence-electron chi connectivity index (χ2n) is 5.51. The summed E-state index contributed by atoms with van der Waals surface area (Å²) in [6.07, 6.45) is -4.79. The molecule has 0 spiro atoms. The van der Waals surface area contributed by atoms with Gasteiger partial charge in [-0.1, -0.05) is 36.1 Å². The lowest BCUT2D eigenvalue weighted by Gasteiger charge is -2.34. The molecule has 1 aliphatic rings. The Hall–Kier alpha value is -2.36. The Kier molecular flexibility index (Phi) is 5.14. The zero-order valence-electron chi connectivity index (χ0n) is 12.9. The summed E-state index contributed by atoms with van der Waals surface area (Å²) in [5.74, 6) is 6.56. The second kappa shape index (κ2) is 7.47. The molecule has 1 heterocycles. The predicted molar refractivity (Wildman–Crippen MR) is 87.3 cm³/mol. The topological polar surface area (TPSA) is 79.2 Å². The first-order chi connectivity index (χ1) is 11.6. The molecule has 3 N–H and O–H groups in total. The Balaban J connectivity index is 1.71. The SMILES string of the molecule is O[C@@H]1[C@@H](O)[C@@H](Oc2cccc(C#Cc3ccccc3)c2)OC[C@@H]1O. The lowest BCUT2D eigenvalue weighted by molar-refractivity contribution is -0.242. The zero-order chi connectivity index (χ0) is 16.9. The van der Waals surface area contributed by atoms with E-state index in [4.69, 9.17) is 9.47 Å². The van der Waals surface area contributed by atoms with Gasteiger partial charge in [-0.2, -0.15) is 0 Å². The van der Waals surface area contributed by atoms with Crippen molar-refractivity contribution >= 4 is 0 Å². The van der Waals surface area contributed by atoms with Gasteiger partial charge in [-0.05, 0) is 30.3 Å². The van der Waals surface area contributed by atoms with Crippen molar-refractivity contribution in [3.05, 3.63) is 65.7 Å². The fourth-order valence-electron chi connectivity index (χ4n) is 2.33. The third kappa shape index (κ3) is 3.94. The average Bonchev–Trinajstić information content (AvgIpc) is 2.62. The quantitative estimate of drug-likeness (QED) is 0.715. The zero-order valence-corrected chi connectivity index (χ0v) is 12.9. The van der Waals surface area contributed by atoms with Crippen LogP contribution in [0.2, 0.25) is 0 Å². The molecule has 5 nitrogen and oxygen atoms in total.